The Morgan fingerprint density at radius 3 is 2.62 bits per heavy atom. The van der Waals surface area contributed by atoms with Gasteiger partial charge in [-0.2, -0.15) is 5.26 Å². The maximum atomic E-state index is 12.9. The molecule has 1 aliphatic heterocycles. The van der Waals surface area contributed by atoms with Crippen molar-refractivity contribution in [3.63, 3.8) is 0 Å². The Hall–Kier alpha value is -2.54. The average molecular weight is 322 g/mol. The van der Waals surface area contributed by atoms with Gasteiger partial charge in [0.2, 0.25) is 5.88 Å². The lowest BCUT2D eigenvalue weighted by molar-refractivity contribution is -0.117. The third kappa shape index (κ3) is 2.94. The fourth-order valence-corrected chi connectivity index (χ4v) is 3.69. The molecule has 2 N–H and O–H groups in total. The summed E-state index contributed by atoms with van der Waals surface area (Å²) in [6.07, 6.45) is 1.84. The van der Waals surface area contributed by atoms with Crippen molar-refractivity contribution in [1.82, 2.24) is 0 Å². The molecule has 24 heavy (non-hydrogen) atoms. The number of ether oxygens (including phenoxy) is 1. The van der Waals surface area contributed by atoms with Gasteiger partial charge in [0.05, 0.1) is 5.57 Å². The fraction of sp³-hybridized carbons (Fsp3) is 0.400. The van der Waals surface area contributed by atoms with Crippen molar-refractivity contribution >= 4 is 5.78 Å². The molecule has 1 heterocycles. The van der Waals surface area contributed by atoms with Crippen molar-refractivity contribution in [2.75, 3.05) is 0 Å². The van der Waals surface area contributed by atoms with E-state index in [1.165, 1.54) is 0 Å². The molecular weight excluding hydrogens is 300 g/mol. The SMILES string of the molecule is CC(C)C[C@@H]1C(C#N)=C(N)OC2=C1C(=O)C[C@@H](c1ccccc1)C2. The van der Waals surface area contributed by atoms with Gasteiger partial charge in [-0.3, -0.25) is 4.79 Å². The molecule has 124 valence electrons. The van der Waals surface area contributed by atoms with Gasteiger partial charge in [-0.15, -0.1) is 0 Å². The minimum atomic E-state index is -0.233. The zero-order valence-corrected chi connectivity index (χ0v) is 14.1. The maximum Gasteiger partial charge on any atom is 0.204 e. The average Bonchev–Trinajstić information content (AvgIpc) is 2.54. The molecule has 0 unspecified atom stereocenters. The normalized spacial score (nSPS) is 23.8. The summed E-state index contributed by atoms with van der Waals surface area (Å²) < 4.78 is 5.72. The van der Waals surface area contributed by atoms with Crippen LogP contribution in [0.3, 0.4) is 0 Å². The van der Waals surface area contributed by atoms with Crippen LogP contribution < -0.4 is 5.73 Å². The number of nitrogens with zero attached hydrogens (tertiary/aromatic N) is 1. The highest BCUT2D eigenvalue weighted by Gasteiger charge is 2.40. The van der Waals surface area contributed by atoms with Gasteiger partial charge < -0.3 is 10.5 Å². The molecule has 2 atom stereocenters. The number of rotatable bonds is 3. The molecule has 1 aromatic rings. The smallest absolute Gasteiger partial charge is 0.204 e. The Kier molecular flexibility index (Phi) is 4.44. The van der Waals surface area contributed by atoms with E-state index in [0.29, 0.717) is 35.7 Å². The monoisotopic (exact) mass is 322 g/mol. The van der Waals surface area contributed by atoms with Crippen LogP contribution in [0.5, 0.6) is 0 Å². The van der Waals surface area contributed by atoms with Crippen LogP contribution in [0.4, 0.5) is 0 Å². The number of nitrogens with two attached hydrogens (primary N) is 1. The second kappa shape index (κ2) is 6.52. The first-order chi connectivity index (χ1) is 11.5. The lowest BCUT2D eigenvalue weighted by Crippen LogP contribution is -2.31. The van der Waals surface area contributed by atoms with Gasteiger partial charge in [0.15, 0.2) is 5.78 Å². The van der Waals surface area contributed by atoms with Crippen molar-refractivity contribution in [2.45, 2.75) is 39.0 Å². The molecule has 0 saturated heterocycles. The zero-order chi connectivity index (χ0) is 17.3. The van der Waals surface area contributed by atoms with E-state index in [0.717, 1.165) is 12.0 Å². The number of ketones is 1. The summed E-state index contributed by atoms with van der Waals surface area (Å²) in [6, 6.07) is 12.2. The Bertz CT molecular complexity index is 754. The van der Waals surface area contributed by atoms with Gasteiger partial charge in [0.25, 0.3) is 0 Å². The van der Waals surface area contributed by atoms with E-state index in [2.05, 4.69) is 19.9 Å². The Morgan fingerprint density at radius 1 is 1.29 bits per heavy atom. The van der Waals surface area contributed by atoms with Crippen molar-refractivity contribution in [2.24, 2.45) is 17.6 Å². The fourth-order valence-electron chi connectivity index (χ4n) is 3.69. The van der Waals surface area contributed by atoms with Crippen molar-refractivity contribution < 1.29 is 9.53 Å². The molecule has 2 aliphatic rings. The summed E-state index contributed by atoms with van der Waals surface area (Å²) in [5.74, 6) is 1.12. The Morgan fingerprint density at radius 2 is 2.00 bits per heavy atom. The van der Waals surface area contributed by atoms with Gasteiger partial charge >= 0.3 is 0 Å². The van der Waals surface area contributed by atoms with Gasteiger partial charge in [-0.05, 0) is 23.8 Å². The number of carbonyl (C=O) groups excluding carboxylic acids is 1. The summed E-state index contributed by atoms with van der Waals surface area (Å²) >= 11 is 0. The molecule has 4 nitrogen and oxygen atoms in total. The molecule has 0 bridgehead atoms. The number of carbonyl (C=O) groups is 1. The standard InChI is InChI=1S/C20H22N2O2/c1-12(2)8-15-16(11-21)20(22)24-18-10-14(9-17(23)19(15)18)13-6-4-3-5-7-13/h3-7,12,14-15H,8-10,22H2,1-2H3/t14-,15-/m1/s1. The van der Waals surface area contributed by atoms with Crippen LogP contribution >= 0.6 is 0 Å². The number of hydrogen-bond donors (Lipinski definition) is 1. The quantitative estimate of drug-likeness (QED) is 0.919. The van der Waals surface area contributed by atoms with E-state index in [9.17, 15) is 10.1 Å². The molecule has 1 aliphatic carbocycles. The van der Waals surface area contributed by atoms with Crippen LogP contribution in [0.15, 0.2) is 53.1 Å². The number of nitriles is 1. The van der Waals surface area contributed by atoms with Crippen LogP contribution in [0.2, 0.25) is 0 Å². The molecule has 0 aromatic heterocycles. The van der Waals surface area contributed by atoms with Crippen molar-refractivity contribution in [3.8, 4) is 6.07 Å². The van der Waals surface area contributed by atoms with Gasteiger partial charge in [0, 0.05) is 24.3 Å². The summed E-state index contributed by atoms with van der Waals surface area (Å²) in [5, 5.41) is 9.45. The van der Waals surface area contributed by atoms with Crippen LogP contribution in [-0.2, 0) is 9.53 Å². The molecular formula is C20H22N2O2. The van der Waals surface area contributed by atoms with Crippen LogP contribution in [0.25, 0.3) is 0 Å². The Labute approximate surface area is 142 Å². The minimum Gasteiger partial charge on any atom is -0.444 e. The van der Waals surface area contributed by atoms with E-state index in [1.54, 1.807) is 0 Å². The highest BCUT2D eigenvalue weighted by atomic mass is 16.5. The summed E-state index contributed by atoms with van der Waals surface area (Å²) in [7, 11) is 0. The van der Waals surface area contributed by atoms with Crippen molar-refractivity contribution in [1.29, 1.82) is 5.26 Å². The summed E-state index contributed by atoms with van der Waals surface area (Å²) in [4.78, 5) is 12.9. The largest absolute Gasteiger partial charge is 0.444 e. The van der Waals surface area contributed by atoms with Gasteiger partial charge in [-0.25, -0.2) is 0 Å². The molecule has 0 fully saturated rings. The number of Topliss-reactive ketones (excluding diaryl/α,β-unsaturated/α-hetero) is 1. The van der Waals surface area contributed by atoms with Gasteiger partial charge in [0.1, 0.15) is 11.8 Å². The summed E-state index contributed by atoms with van der Waals surface area (Å²) in [6.45, 7) is 4.17. The lowest BCUT2D eigenvalue weighted by Gasteiger charge is -2.34. The first-order valence-corrected chi connectivity index (χ1v) is 8.40. The molecule has 0 amide bonds. The highest BCUT2D eigenvalue weighted by molar-refractivity contribution is 5.98. The second-order valence-corrected chi connectivity index (χ2v) is 6.95. The molecule has 0 spiro atoms. The second-order valence-electron chi connectivity index (χ2n) is 6.95. The van der Waals surface area contributed by atoms with E-state index in [1.807, 2.05) is 30.3 Å². The number of benzene rings is 1. The van der Waals surface area contributed by atoms with Crippen LogP contribution in [-0.4, -0.2) is 5.78 Å². The first-order valence-electron chi connectivity index (χ1n) is 8.40. The number of allylic oxidation sites excluding steroid dienone is 3. The molecule has 0 radical (unpaired) electrons. The zero-order valence-electron chi connectivity index (χ0n) is 14.1. The molecule has 4 heteroatoms. The molecule has 1 aromatic carbocycles. The van der Waals surface area contributed by atoms with Gasteiger partial charge in [-0.1, -0.05) is 44.2 Å². The first kappa shape index (κ1) is 16.3. The summed E-state index contributed by atoms with van der Waals surface area (Å²) in [5.41, 5.74) is 8.18. The van der Waals surface area contributed by atoms with E-state index in [4.69, 9.17) is 10.5 Å². The van der Waals surface area contributed by atoms with E-state index in [-0.39, 0.29) is 23.5 Å². The predicted molar refractivity (Wildman–Crippen MR) is 91.3 cm³/mol. The van der Waals surface area contributed by atoms with Crippen LogP contribution in [0, 0.1) is 23.2 Å². The predicted octanol–water partition coefficient (Wildman–Crippen LogP) is 3.77. The maximum absolute atomic E-state index is 12.9. The number of hydrogen-bond acceptors (Lipinski definition) is 4. The van der Waals surface area contributed by atoms with Crippen molar-refractivity contribution in [3.05, 3.63) is 58.7 Å². The van der Waals surface area contributed by atoms with E-state index >= 15 is 0 Å². The van der Waals surface area contributed by atoms with Crippen LogP contribution in [0.1, 0.15) is 44.6 Å². The molecule has 3 rings (SSSR count). The topological polar surface area (TPSA) is 76.1 Å². The lowest BCUT2D eigenvalue weighted by atomic mass is 9.73. The Balaban J connectivity index is 1.97. The molecule has 0 saturated carbocycles. The highest BCUT2D eigenvalue weighted by Crippen LogP contribution is 2.44. The van der Waals surface area contributed by atoms with E-state index < -0.39 is 0 Å². The third-order valence-electron chi connectivity index (χ3n) is 4.76. The third-order valence-corrected chi connectivity index (χ3v) is 4.76. The minimum absolute atomic E-state index is 0.0796.